The van der Waals surface area contributed by atoms with E-state index in [0.29, 0.717) is 5.92 Å². The summed E-state index contributed by atoms with van der Waals surface area (Å²) < 4.78 is 24.6. The summed E-state index contributed by atoms with van der Waals surface area (Å²) in [4.78, 5) is 8.57. The van der Waals surface area contributed by atoms with Crippen molar-refractivity contribution in [2.75, 3.05) is 0 Å². The van der Waals surface area contributed by atoms with Crippen LogP contribution in [-0.4, -0.2) is 18.4 Å². The first-order valence-corrected chi connectivity index (χ1v) is 8.14. The molecular weight excluding hydrogens is 272 g/mol. The van der Waals surface area contributed by atoms with Crippen LogP contribution in [-0.2, 0) is 15.6 Å². The van der Waals surface area contributed by atoms with Gasteiger partial charge in [-0.3, -0.25) is 9.97 Å². The SMILES string of the molecule is Cc1nc(C(C)C)ccc1CS(=O)(=O)c1cccnc1. The molecule has 0 spiro atoms. The summed E-state index contributed by atoms with van der Waals surface area (Å²) in [5.41, 5.74) is 2.48. The van der Waals surface area contributed by atoms with E-state index in [2.05, 4.69) is 23.8 Å². The molecule has 106 valence electrons. The predicted molar refractivity (Wildman–Crippen MR) is 78.2 cm³/mol. The zero-order chi connectivity index (χ0) is 14.8. The van der Waals surface area contributed by atoms with Gasteiger partial charge < -0.3 is 0 Å². The smallest absolute Gasteiger partial charge is 0.184 e. The molecule has 0 atom stereocenters. The van der Waals surface area contributed by atoms with Crippen molar-refractivity contribution >= 4 is 9.84 Å². The average Bonchev–Trinajstić information content (AvgIpc) is 2.41. The molecule has 0 saturated carbocycles. The molecule has 5 heteroatoms. The van der Waals surface area contributed by atoms with Gasteiger partial charge in [-0.15, -0.1) is 0 Å². The largest absolute Gasteiger partial charge is 0.263 e. The van der Waals surface area contributed by atoms with Gasteiger partial charge in [-0.25, -0.2) is 8.42 Å². The van der Waals surface area contributed by atoms with E-state index < -0.39 is 9.84 Å². The molecule has 0 aliphatic carbocycles. The highest BCUT2D eigenvalue weighted by Crippen LogP contribution is 2.19. The van der Waals surface area contributed by atoms with Crippen LogP contribution in [0.15, 0.2) is 41.6 Å². The highest BCUT2D eigenvalue weighted by molar-refractivity contribution is 7.90. The van der Waals surface area contributed by atoms with Crippen LogP contribution in [0.5, 0.6) is 0 Å². The van der Waals surface area contributed by atoms with Crippen LogP contribution in [0.1, 0.15) is 36.7 Å². The molecule has 0 N–H and O–H groups in total. The van der Waals surface area contributed by atoms with E-state index in [1.165, 1.54) is 6.20 Å². The Hall–Kier alpha value is -1.75. The summed E-state index contributed by atoms with van der Waals surface area (Å²) >= 11 is 0. The van der Waals surface area contributed by atoms with Crippen LogP contribution in [0.25, 0.3) is 0 Å². The van der Waals surface area contributed by atoms with Crippen molar-refractivity contribution in [3.63, 3.8) is 0 Å². The predicted octanol–water partition coefficient (Wildman–Crippen LogP) is 2.88. The van der Waals surface area contributed by atoms with Gasteiger partial charge in [0.05, 0.1) is 10.6 Å². The van der Waals surface area contributed by atoms with Gasteiger partial charge in [-0.05, 0) is 36.6 Å². The second-order valence-electron chi connectivity index (χ2n) is 5.08. The average molecular weight is 290 g/mol. The van der Waals surface area contributed by atoms with Gasteiger partial charge in [-0.2, -0.15) is 0 Å². The van der Waals surface area contributed by atoms with Gasteiger partial charge in [0.2, 0.25) is 0 Å². The van der Waals surface area contributed by atoms with Crippen molar-refractivity contribution in [2.24, 2.45) is 0 Å². The lowest BCUT2D eigenvalue weighted by Gasteiger charge is -2.10. The third-order valence-electron chi connectivity index (χ3n) is 3.15. The molecule has 0 amide bonds. The summed E-state index contributed by atoms with van der Waals surface area (Å²) in [5, 5.41) is 0. The summed E-state index contributed by atoms with van der Waals surface area (Å²) in [7, 11) is -3.37. The lowest BCUT2D eigenvalue weighted by Crippen LogP contribution is -2.08. The van der Waals surface area contributed by atoms with Gasteiger partial charge in [-0.1, -0.05) is 19.9 Å². The fourth-order valence-electron chi connectivity index (χ4n) is 1.90. The molecule has 0 radical (unpaired) electrons. The minimum atomic E-state index is -3.37. The Labute approximate surface area is 119 Å². The van der Waals surface area contributed by atoms with Gasteiger partial charge in [0, 0.05) is 23.8 Å². The fraction of sp³-hybridized carbons (Fsp3) is 0.333. The summed E-state index contributed by atoms with van der Waals surface area (Å²) in [6.45, 7) is 5.97. The number of hydrogen-bond donors (Lipinski definition) is 0. The van der Waals surface area contributed by atoms with Gasteiger partial charge in [0.1, 0.15) is 0 Å². The Bertz CT molecular complexity index is 695. The van der Waals surface area contributed by atoms with E-state index >= 15 is 0 Å². The number of aryl methyl sites for hydroxylation is 1. The number of aromatic nitrogens is 2. The number of hydrogen-bond acceptors (Lipinski definition) is 4. The second kappa shape index (κ2) is 5.71. The lowest BCUT2D eigenvalue weighted by molar-refractivity contribution is 0.594. The second-order valence-corrected chi connectivity index (χ2v) is 7.07. The van der Waals surface area contributed by atoms with Crippen LogP contribution in [0.4, 0.5) is 0 Å². The van der Waals surface area contributed by atoms with Crippen molar-refractivity contribution < 1.29 is 8.42 Å². The van der Waals surface area contributed by atoms with Crippen LogP contribution >= 0.6 is 0 Å². The Morgan fingerprint density at radius 3 is 2.50 bits per heavy atom. The Kier molecular flexibility index (Phi) is 4.18. The van der Waals surface area contributed by atoms with Gasteiger partial charge in [0.25, 0.3) is 0 Å². The molecule has 2 aromatic heterocycles. The maximum Gasteiger partial charge on any atom is 0.184 e. The van der Waals surface area contributed by atoms with Crippen molar-refractivity contribution in [2.45, 2.75) is 37.3 Å². The van der Waals surface area contributed by atoms with Crippen molar-refractivity contribution in [3.8, 4) is 0 Å². The molecular formula is C15H18N2O2S. The molecule has 0 aliphatic rings. The maximum absolute atomic E-state index is 12.3. The van der Waals surface area contributed by atoms with Gasteiger partial charge in [0.15, 0.2) is 9.84 Å². The Balaban J connectivity index is 2.31. The highest BCUT2D eigenvalue weighted by atomic mass is 32.2. The number of rotatable bonds is 4. The van der Waals surface area contributed by atoms with E-state index in [-0.39, 0.29) is 10.6 Å². The zero-order valence-corrected chi connectivity index (χ0v) is 12.7. The molecule has 0 aliphatic heterocycles. The van der Waals surface area contributed by atoms with Crippen LogP contribution < -0.4 is 0 Å². The van der Waals surface area contributed by atoms with Crippen molar-refractivity contribution in [3.05, 3.63) is 53.6 Å². The Morgan fingerprint density at radius 2 is 1.95 bits per heavy atom. The van der Waals surface area contributed by atoms with Crippen molar-refractivity contribution in [1.82, 2.24) is 9.97 Å². The lowest BCUT2D eigenvalue weighted by atomic mass is 10.1. The minimum absolute atomic E-state index is 0.0457. The third kappa shape index (κ3) is 3.22. The van der Waals surface area contributed by atoms with E-state index in [1.807, 2.05) is 19.1 Å². The fourth-order valence-corrected chi connectivity index (χ4v) is 3.29. The first-order chi connectivity index (χ1) is 9.40. The molecule has 0 bridgehead atoms. The first-order valence-electron chi connectivity index (χ1n) is 6.49. The molecule has 2 heterocycles. The molecule has 20 heavy (non-hydrogen) atoms. The summed E-state index contributed by atoms with van der Waals surface area (Å²) in [6, 6.07) is 6.94. The minimum Gasteiger partial charge on any atom is -0.263 e. The highest BCUT2D eigenvalue weighted by Gasteiger charge is 2.17. The van der Waals surface area contributed by atoms with E-state index in [0.717, 1.165) is 17.0 Å². The number of nitrogens with zero attached hydrogens (tertiary/aromatic N) is 2. The van der Waals surface area contributed by atoms with E-state index in [9.17, 15) is 8.42 Å². The molecule has 2 rings (SSSR count). The van der Waals surface area contributed by atoms with E-state index in [1.54, 1.807) is 18.3 Å². The number of sulfone groups is 1. The van der Waals surface area contributed by atoms with E-state index in [4.69, 9.17) is 0 Å². The quantitative estimate of drug-likeness (QED) is 0.868. The van der Waals surface area contributed by atoms with Gasteiger partial charge >= 0.3 is 0 Å². The van der Waals surface area contributed by atoms with Crippen LogP contribution in [0, 0.1) is 6.92 Å². The first kappa shape index (κ1) is 14.7. The molecule has 0 unspecified atom stereocenters. The number of pyridine rings is 2. The molecule has 0 aromatic carbocycles. The summed E-state index contributed by atoms with van der Waals surface area (Å²) in [5.74, 6) is 0.285. The molecule has 4 nitrogen and oxygen atoms in total. The molecule has 0 fully saturated rings. The third-order valence-corrected chi connectivity index (χ3v) is 4.80. The van der Waals surface area contributed by atoms with Crippen molar-refractivity contribution in [1.29, 1.82) is 0 Å². The normalized spacial score (nSPS) is 11.8. The van der Waals surface area contributed by atoms with Crippen LogP contribution in [0.3, 0.4) is 0 Å². The standard InChI is InChI=1S/C15H18N2O2S/c1-11(2)15-7-6-13(12(3)17-15)10-20(18,19)14-5-4-8-16-9-14/h4-9,11H,10H2,1-3H3. The molecule has 2 aromatic rings. The Morgan fingerprint density at radius 1 is 1.20 bits per heavy atom. The molecule has 0 saturated heterocycles. The maximum atomic E-state index is 12.3. The van der Waals surface area contributed by atoms with Crippen LogP contribution in [0.2, 0.25) is 0 Å². The summed E-state index contributed by atoms with van der Waals surface area (Å²) in [6.07, 6.45) is 2.93. The zero-order valence-electron chi connectivity index (χ0n) is 11.9. The monoisotopic (exact) mass is 290 g/mol. The topological polar surface area (TPSA) is 59.9 Å².